The van der Waals surface area contributed by atoms with Crippen molar-refractivity contribution in [1.82, 2.24) is 9.88 Å². The molecule has 1 fully saturated rings. The number of halogens is 2. The summed E-state index contributed by atoms with van der Waals surface area (Å²) in [6, 6.07) is 2.94. The number of benzene rings is 1. The second-order valence-electron chi connectivity index (χ2n) is 5.88. The molecule has 0 radical (unpaired) electrons. The Labute approximate surface area is 143 Å². The van der Waals surface area contributed by atoms with E-state index >= 15 is 0 Å². The highest BCUT2D eigenvalue weighted by Crippen LogP contribution is 2.28. The molecule has 5 nitrogen and oxygen atoms in total. The molecule has 1 saturated heterocycles. The summed E-state index contributed by atoms with van der Waals surface area (Å²) in [7, 11) is 0. The van der Waals surface area contributed by atoms with Gasteiger partial charge in [0.1, 0.15) is 10.8 Å². The number of nitrogens with zero attached hydrogens (tertiary/aromatic N) is 1. The number of hydrogen-bond donors (Lipinski definition) is 1. The highest BCUT2D eigenvalue weighted by molar-refractivity contribution is 6.35. The second-order valence-corrected chi connectivity index (χ2v) is 6.26. The van der Waals surface area contributed by atoms with E-state index in [1.54, 1.807) is 12.3 Å². The van der Waals surface area contributed by atoms with E-state index in [-0.39, 0.29) is 23.5 Å². The Morgan fingerprint density at radius 2 is 2.33 bits per heavy atom. The summed E-state index contributed by atoms with van der Waals surface area (Å²) in [6.07, 6.45) is 4.67. The molecule has 0 aliphatic carbocycles. The maximum absolute atomic E-state index is 13.5. The van der Waals surface area contributed by atoms with E-state index in [1.807, 2.05) is 0 Å². The fourth-order valence-electron chi connectivity index (χ4n) is 3.00. The number of aromatic nitrogens is 1. The first-order valence-electron chi connectivity index (χ1n) is 7.90. The van der Waals surface area contributed by atoms with Crippen LogP contribution in [0.4, 0.5) is 4.39 Å². The van der Waals surface area contributed by atoms with Crippen molar-refractivity contribution < 1.29 is 18.7 Å². The van der Waals surface area contributed by atoms with Gasteiger partial charge in [-0.3, -0.25) is 14.5 Å². The molecule has 0 bridgehead atoms. The molecule has 1 aliphatic rings. The van der Waals surface area contributed by atoms with Gasteiger partial charge in [-0.15, -0.1) is 0 Å². The molecule has 1 atom stereocenters. The summed E-state index contributed by atoms with van der Waals surface area (Å²) in [6.45, 7) is 0.978. The number of carbonyl (C=O) groups is 2. The third-order valence-electron chi connectivity index (χ3n) is 4.31. The highest BCUT2D eigenvalue weighted by atomic mass is 35.5. The molecule has 1 aromatic carbocycles. The number of aryl methyl sites for hydroxylation is 1. The minimum atomic E-state index is -0.489. The van der Waals surface area contributed by atoms with Crippen molar-refractivity contribution >= 4 is 34.8 Å². The smallest absolute Gasteiger partial charge is 0.229 e. The number of aromatic amines is 1. The molecular weight excluding hydrogens is 335 g/mol. The van der Waals surface area contributed by atoms with Crippen LogP contribution in [0.3, 0.4) is 0 Å². The average molecular weight is 353 g/mol. The number of ether oxygens (including phenoxy) is 1. The van der Waals surface area contributed by atoms with Gasteiger partial charge in [0, 0.05) is 24.6 Å². The van der Waals surface area contributed by atoms with E-state index in [2.05, 4.69) is 4.98 Å². The first kappa shape index (κ1) is 16.9. The summed E-state index contributed by atoms with van der Waals surface area (Å²) in [5.74, 6) is -0.736. The van der Waals surface area contributed by atoms with Gasteiger partial charge in [-0.1, -0.05) is 11.6 Å². The van der Waals surface area contributed by atoms with Crippen molar-refractivity contribution in [2.24, 2.45) is 0 Å². The topological polar surface area (TPSA) is 62.4 Å². The molecule has 24 heavy (non-hydrogen) atoms. The lowest BCUT2D eigenvalue weighted by atomic mass is 10.1. The second kappa shape index (κ2) is 7.32. The SMILES string of the molecule is O=CN(CC1CCCO1)C(=O)CCc1c[nH]c2c(Cl)c(F)ccc12. The molecule has 7 heteroatoms. The van der Waals surface area contributed by atoms with Gasteiger partial charge < -0.3 is 9.72 Å². The minimum Gasteiger partial charge on any atom is -0.376 e. The lowest BCUT2D eigenvalue weighted by Gasteiger charge is -2.19. The molecule has 128 valence electrons. The Morgan fingerprint density at radius 1 is 1.50 bits per heavy atom. The van der Waals surface area contributed by atoms with Crippen molar-refractivity contribution in [1.29, 1.82) is 0 Å². The number of amides is 2. The van der Waals surface area contributed by atoms with Crippen LogP contribution in [0.15, 0.2) is 18.3 Å². The van der Waals surface area contributed by atoms with Crippen molar-refractivity contribution in [3.63, 3.8) is 0 Å². The number of nitrogens with one attached hydrogen (secondary N) is 1. The van der Waals surface area contributed by atoms with Gasteiger partial charge in [0.25, 0.3) is 0 Å². The van der Waals surface area contributed by atoms with Gasteiger partial charge in [-0.05, 0) is 37.0 Å². The molecule has 0 saturated carbocycles. The quantitative estimate of drug-likeness (QED) is 0.813. The van der Waals surface area contributed by atoms with E-state index < -0.39 is 5.82 Å². The van der Waals surface area contributed by atoms with Crippen LogP contribution in [0.25, 0.3) is 10.9 Å². The van der Waals surface area contributed by atoms with Gasteiger partial charge in [-0.2, -0.15) is 0 Å². The lowest BCUT2D eigenvalue weighted by Crippen LogP contribution is -2.36. The van der Waals surface area contributed by atoms with Gasteiger partial charge in [-0.25, -0.2) is 4.39 Å². The molecule has 0 spiro atoms. The molecule has 2 amide bonds. The monoisotopic (exact) mass is 352 g/mol. The standard InChI is InChI=1S/C17H18ClFN2O3/c18-16-14(19)5-4-13-11(8-20-17(13)16)3-6-15(23)21(10-22)9-12-2-1-7-24-12/h4-5,8,10,12,20H,1-3,6-7,9H2. The summed E-state index contributed by atoms with van der Waals surface area (Å²) < 4.78 is 18.9. The summed E-state index contributed by atoms with van der Waals surface area (Å²) >= 11 is 5.93. The van der Waals surface area contributed by atoms with Gasteiger partial charge in [0.2, 0.25) is 12.3 Å². The number of imide groups is 1. The normalized spacial score (nSPS) is 17.3. The number of hydrogen-bond acceptors (Lipinski definition) is 3. The molecule has 1 aliphatic heterocycles. The molecule has 1 unspecified atom stereocenters. The van der Waals surface area contributed by atoms with E-state index in [0.29, 0.717) is 31.5 Å². The maximum atomic E-state index is 13.5. The molecular formula is C17H18ClFN2O3. The van der Waals surface area contributed by atoms with E-state index in [9.17, 15) is 14.0 Å². The molecule has 1 N–H and O–H groups in total. The number of fused-ring (bicyclic) bond motifs is 1. The zero-order valence-corrected chi connectivity index (χ0v) is 13.8. The zero-order chi connectivity index (χ0) is 17.1. The van der Waals surface area contributed by atoms with E-state index in [0.717, 1.165) is 23.8 Å². The molecule has 2 aromatic rings. The van der Waals surface area contributed by atoms with Crippen LogP contribution >= 0.6 is 11.6 Å². The Hall–Kier alpha value is -1.92. The predicted octanol–water partition coefficient (Wildman–Crippen LogP) is 3.06. The Bertz CT molecular complexity index is 756. The third-order valence-corrected chi connectivity index (χ3v) is 4.68. The predicted molar refractivity (Wildman–Crippen MR) is 88.3 cm³/mol. The molecule has 2 heterocycles. The van der Waals surface area contributed by atoms with Crippen molar-refractivity contribution in [3.8, 4) is 0 Å². The van der Waals surface area contributed by atoms with E-state index in [1.165, 1.54) is 11.0 Å². The first-order chi connectivity index (χ1) is 11.6. The summed E-state index contributed by atoms with van der Waals surface area (Å²) in [4.78, 5) is 27.5. The fourth-order valence-corrected chi connectivity index (χ4v) is 3.22. The number of H-pyrrole nitrogens is 1. The first-order valence-corrected chi connectivity index (χ1v) is 8.28. The summed E-state index contributed by atoms with van der Waals surface area (Å²) in [5.41, 5.74) is 1.38. The Kier molecular flexibility index (Phi) is 5.16. The van der Waals surface area contributed by atoms with Crippen LogP contribution in [0.1, 0.15) is 24.8 Å². The van der Waals surface area contributed by atoms with Crippen LogP contribution in [0, 0.1) is 5.82 Å². The van der Waals surface area contributed by atoms with Crippen LogP contribution < -0.4 is 0 Å². The van der Waals surface area contributed by atoms with E-state index in [4.69, 9.17) is 16.3 Å². The summed E-state index contributed by atoms with van der Waals surface area (Å²) in [5, 5.41) is 0.823. The number of carbonyl (C=O) groups excluding carboxylic acids is 2. The van der Waals surface area contributed by atoms with Crippen LogP contribution in [0.2, 0.25) is 5.02 Å². The minimum absolute atomic E-state index is 0.0398. The van der Waals surface area contributed by atoms with Crippen LogP contribution in [-0.4, -0.2) is 41.5 Å². The molecule has 3 rings (SSSR count). The van der Waals surface area contributed by atoms with Gasteiger partial charge in [0.15, 0.2) is 0 Å². The Morgan fingerprint density at radius 3 is 3.04 bits per heavy atom. The largest absolute Gasteiger partial charge is 0.376 e. The average Bonchev–Trinajstić information content (AvgIpc) is 3.23. The molecule has 1 aromatic heterocycles. The third kappa shape index (κ3) is 3.44. The number of rotatable bonds is 6. The van der Waals surface area contributed by atoms with Crippen LogP contribution in [0.5, 0.6) is 0 Å². The van der Waals surface area contributed by atoms with Crippen LogP contribution in [-0.2, 0) is 20.7 Å². The van der Waals surface area contributed by atoms with Crippen molar-refractivity contribution in [3.05, 3.63) is 34.7 Å². The fraction of sp³-hybridized carbons (Fsp3) is 0.412. The lowest BCUT2D eigenvalue weighted by molar-refractivity contribution is -0.139. The highest BCUT2D eigenvalue weighted by Gasteiger charge is 2.22. The van der Waals surface area contributed by atoms with Gasteiger partial charge >= 0.3 is 0 Å². The maximum Gasteiger partial charge on any atom is 0.229 e. The Balaban J connectivity index is 1.65. The van der Waals surface area contributed by atoms with Crippen molar-refractivity contribution in [2.45, 2.75) is 31.8 Å². The van der Waals surface area contributed by atoms with Gasteiger partial charge in [0.05, 0.1) is 18.2 Å². The van der Waals surface area contributed by atoms with Crippen molar-refractivity contribution in [2.75, 3.05) is 13.2 Å². The zero-order valence-electron chi connectivity index (χ0n) is 13.1.